The lowest BCUT2D eigenvalue weighted by Gasteiger charge is -2.26. The molecule has 0 amide bonds. The van der Waals surface area contributed by atoms with Crippen LogP contribution in [0.3, 0.4) is 0 Å². The second-order valence-electron chi connectivity index (χ2n) is 4.94. The topological polar surface area (TPSA) is 35.2 Å². The van der Waals surface area contributed by atoms with Gasteiger partial charge in [-0.1, -0.05) is 18.6 Å². The van der Waals surface area contributed by atoms with Gasteiger partial charge in [-0.3, -0.25) is 0 Å². The number of ether oxygens (including phenoxy) is 1. The minimum atomic E-state index is 0.0389. The molecular weight excluding hydrogens is 198 g/mol. The van der Waals surface area contributed by atoms with Crippen LogP contribution in [-0.4, -0.2) is 6.61 Å². The fourth-order valence-corrected chi connectivity index (χ4v) is 2.01. The van der Waals surface area contributed by atoms with Crippen LogP contribution < -0.4 is 10.5 Å². The van der Waals surface area contributed by atoms with Crippen LogP contribution in [0.25, 0.3) is 0 Å². The number of benzene rings is 1. The summed E-state index contributed by atoms with van der Waals surface area (Å²) in [5.41, 5.74) is 8.28. The average molecular weight is 219 g/mol. The Morgan fingerprint density at radius 3 is 2.75 bits per heavy atom. The Hall–Kier alpha value is -1.02. The third kappa shape index (κ3) is 2.56. The van der Waals surface area contributed by atoms with Crippen molar-refractivity contribution in [1.29, 1.82) is 0 Å². The van der Waals surface area contributed by atoms with Gasteiger partial charge in [-0.15, -0.1) is 0 Å². The third-order valence-corrected chi connectivity index (χ3v) is 3.36. The third-order valence-electron chi connectivity index (χ3n) is 3.36. The molecule has 1 aromatic rings. The van der Waals surface area contributed by atoms with Crippen molar-refractivity contribution in [3.8, 4) is 5.75 Å². The zero-order chi connectivity index (χ0) is 11.5. The van der Waals surface area contributed by atoms with Crippen molar-refractivity contribution in [2.45, 2.75) is 39.2 Å². The summed E-state index contributed by atoms with van der Waals surface area (Å²) in [5, 5.41) is 0. The summed E-state index contributed by atoms with van der Waals surface area (Å²) >= 11 is 0. The predicted molar refractivity (Wildman–Crippen MR) is 66.6 cm³/mol. The van der Waals surface area contributed by atoms with E-state index in [1.807, 2.05) is 6.92 Å². The van der Waals surface area contributed by atoms with E-state index in [2.05, 4.69) is 25.1 Å². The summed E-state index contributed by atoms with van der Waals surface area (Å²) in [6.45, 7) is 4.94. The second kappa shape index (κ2) is 4.88. The monoisotopic (exact) mass is 219 g/mol. The van der Waals surface area contributed by atoms with E-state index in [0.29, 0.717) is 0 Å². The van der Waals surface area contributed by atoms with Crippen LogP contribution in [0, 0.1) is 12.8 Å². The summed E-state index contributed by atoms with van der Waals surface area (Å²) in [6, 6.07) is 6.31. The molecule has 88 valence electrons. The molecule has 16 heavy (non-hydrogen) atoms. The van der Waals surface area contributed by atoms with Crippen LogP contribution in [0.1, 0.15) is 43.4 Å². The predicted octanol–water partition coefficient (Wildman–Crippen LogP) is 3.19. The highest BCUT2D eigenvalue weighted by molar-refractivity contribution is 5.38. The molecule has 0 radical (unpaired) electrons. The Balaban J connectivity index is 2.06. The summed E-state index contributed by atoms with van der Waals surface area (Å²) < 4.78 is 5.90. The van der Waals surface area contributed by atoms with Crippen molar-refractivity contribution < 1.29 is 4.74 Å². The van der Waals surface area contributed by atoms with Crippen LogP contribution in [0.2, 0.25) is 0 Å². The quantitative estimate of drug-likeness (QED) is 0.844. The lowest BCUT2D eigenvalue weighted by Crippen LogP contribution is -2.20. The Morgan fingerprint density at radius 2 is 2.19 bits per heavy atom. The highest BCUT2D eigenvalue weighted by atomic mass is 16.5. The van der Waals surface area contributed by atoms with Gasteiger partial charge in [-0.05, 0) is 44.2 Å². The van der Waals surface area contributed by atoms with Gasteiger partial charge in [0.1, 0.15) is 5.75 Å². The largest absolute Gasteiger partial charge is 0.493 e. The molecule has 0 saturated heterocycles. The summed E-state index contributed by atoms with van der Waals surface area (Å²) in [6.07, 6.45) is 4.00. The maximum Gasteiger partial charge on any atom is 0.124 e. The molecule has 1 fully saturated rings. The van der Waals surface area contributed by atoms with E-state index in [4.69, 9.17) is 10.5 Å². The molecule has 0 aromatic heterocycles. The Labute approximate surface area is 97.8 Å². The second-order valence-corrected chi connectivity index (χ2v) is 4.94. The van der Waals surface area contributed by atoms with Crippen molar-refractivity contribution in [1.82, 2.24) is 0 Å². The van der Waals surface area contributed by atoms with Crippen LogP contribution in [0.5, 0.6) is 5.75 Å². The van der Waals surface area contributed by atoms with Crippen molar-refractivity contribution in [3.63, 3.8) is 0 Å². The first-order valence-electron chi connectivity index (χ1n) is 6.15. The zero-order valence-corrected chi connectivity index (χ0v) is 10.2. The molecular formula is C14H21NO. The number of hydrogen-bond donors (Lipinski definition) is 1. The molecule has 0 bridgehead atoms. The normalized spacial score (nSPS) is 17.9. The van der Waals surface area contributed by atoms with Gasteiger partial charge >= 0.3 is 0 Å². The first-order valence-corrected chi connectivity index (χ1v) is 6.15. The fourth-order valence-electron chi connectivity index (χ4n) is 2.01. The molecule has 2 nitrogen and oxygen atoms in total. The van der Waals surface area contributed by atoms with Crippen molar-refractivity contribution in [2.24, 2.45) is 11.7 Å². The van der Waals surface area contributed by atoms with E-state index in [-0.39, 0.29) is 6.04 Å². The molecule has 1 saturated carbocycles. The van der Waals surface area contributed by atoms with Gasteiger partial charge in [-0.2, -0.15) is 0 Å². The first kappa shape index (κ1) is 11.5. The standard InChI is InChI=1S/C14H21NO/c1-10-6-7-13(11(2)15)14(8-10)16-9-12-4-3-5-12/h6-8,11-12H,3-5,9,15H2,1-2H3/t11-/m0/s1. The summed E-state index contributed by atoms with van der Waals surface area (Å²) in [5.74, 6) is 1.74. The van der Waals surface area contributed by atoms with E-state index >= 15 is 0 Å². The molecule has 1 atom stereocenters. The molecule has 0 unspecified atom stereocenters. The van der Waals surface area contributed by atoms with Crippen molar-refractivity contribution >= 4 is 0 Å². The van der Waals surface area contributed by atoms with Gasteiger partial charge in [0.05, 0.1) is 6.61 Å². The van der Waals surface area contributed by atoms with E-state index in [1.165, 1.54) is 24.8 Å². The number of aryl methyl sites for hydroxylation is 1. The van der Waals surface area contributed by atoms with Crippen molar-refractivity contribution in [2.75, 3.05) is 6.61 Å². The molecule has 1 aliphatic carbocycles. The van der Waals surface area contributed by atoms with E-state index in [9.17, 15) is 0 Å². The van der Waals surface area contributed by atoms with E-state index in [1.54, 1.807) is 0 Å². The smallest absolute Gasteiger partial charge is 0.124 e. The molecule has 2 rings (SSSR count). The highest BCUT2D eigenvalue weighted by Gasteiger charge is 2.18. The van der Waals surface area contributed by atoms with Gasteiger partial charge in [0.15, 0.2) is 0 Å². The number of hydrogen-bond acceptors (Lipinski definition) is 2. The van der Waals surface area contributed by atoms with Crippen molar-refractivity contribution in [3.05, 3.63) is 29.3 Å². The lowest BCUT2D eigenvalue weighted by atomic mass is 9.86. The zero-order valence-electron chi connectivity index (χ0n) is 10.2. The summed E-state index contributed by atoms with van der Waals surface area (Å²) in [7, 11) is 0. The average Bonchev–Trinajstić information content (AvgIpc) is 2.14. The molecule has 0 heterocycles. The van der Waals surface area contributed by atoms with Crippen LogP contribution in [0.4, 0.5) is 0 Å². The minimum absolute atomic E-state index is 0.0389. The Kier molecular flexibility index (Phi) is 3.49. The molecule has 2 N–H and O–H groups in total. The first-order chi connectivity index (χ1) is 7.66. The van der Waals surface area contributed by atoms with Gasteiger partial charge < -0.3 is 10.5 Å². The highest BCUT2D eigenvalue weighted by Crippen LogP contribution is 2.30. The SMILES string of the molecule is Cc1ccc([C@H](C)N)c(OCC2CCC2)c1. The van der Waals surface area contributed by atoms with Gasteiger partial charge in [0.25, 0.3) is 0 Å². The molecule has 0 spiro atoms. The van der Waals surface area contributed by atoms with Gasteiger partial charge in [0, 0.05) is 11.6 Å². The lowest BCUT2D eigenvalue weighted by molar-refractivity contribution is 0.179. The Morgan fingerprint density at radius 1 is 1.44 bits per heavy atom. The van der Waals surface area contributed by atoms with Gasteiger partial charge in [-0.25, -0.2) is 0 Å². The molecule has 2 heteroatoms. The van der Waals surface area contributed by atoms with Crippen LogP contribution >= 0.6 is 0 Å². The van der Waals surface area contributed by atoms with E-state index in [0.717, 1.165) is 23.8 Å². The minimum Gasteiger partial charge on any atom is -0.493 e. The maximum atomic E-state index is 5.94. The van der Waals surface area contributed by atoms with Gasteiger partial charge in [0.2, 0.25) is 0 Å². The Bertz CT molecular complexity index is 356. The fraction of sp³-hybridized carbons (Fsp3) is 0.571. The molecule has 1 aliphatic rings. The number of rotatable bonds is 4. The van der Waals surface area contributed by atoms with E-state index < -0.39 is 0 Å². The van der Waals surface area contributed by atoms with Crippen LogP contribution in [-0.2, 0) is 0 Å². The molecule has 1 aromatic carbocycles. The number of nitrogens with two attached hydrogens (primary N) is 1. The van der Waals surface area contributed by atoms with Crippen LogP contribution in [0.15, 0.2) is 18.2 Å². The maximum absolute atomic E-state index is 5.94. The summed E-state index contributed by atoms with van der Waals surface area (Å²) in [4.78, 5) is 0. The molecule has 0 aliphatic heterocycles.